The quantitative estimate of drug-likeness (QED) is 0.566. The summed E-state index contributed by atoms with van der Waals surface area (Å²) in [7, 11) is 1.69. The Balaban J connectivity index is 1.56. The van der Waals surface area contributed by atoms with Crippen molar-refractivity contribution < 1.29 is 19.1 Å². The molecule has 0 spiro atoms. The van der Waals surface area contributed by atoms with Crippen LogP contribution in [0.2, 0.25) is 0 Å². The second-order valence-electron chi connectivity index (χ2n) is 6.62. The number of rotatable bonds is 8. The van der Waals surface area contributed by atoms with E-state index in [0.29, 0.717) is 35.9 Å². The third-order valence-corrected chi connectivity index (χ3v) is 4.42. The van der Waals surface area contributed by atoms with Gasteiger partial charge in [0.15, 0.2) is 0 Å². The first-order valence-corrected chi connectivity index (χ1v) is 9.59. The molecule has 0 aliphatic heterocycles. The zero-order valence-corrected chi connectivity index (χ0v) is 17.0. The zero-order chi connectivity index (χ0) is 21.3. The maximum absolute atomic E-state index is 12.6. The van der Waals surface area contributed by atoms with E-state index < -0.39 is 0 Å². The fourth-order valence-electron chi connectivity index (χ4n) is 2.74. The minimum Gasteiger partial charge on any atom is -0.490 e. The Morgan fingerprint density at radius 2 is 1.50 bits per heavy atom. The number of para-hydroxylation sites is 1. The molecule has 2 amide bonds. The monoisotopic (exact) mass is 404 g/mol. The molecule has 0 unspecified atom stereocenters. The van der Waals surface area contributed by atoms with Crippen LogP contribution >= 0.6 is 0 Å². The fourth-order valence-corrected chi connectivity index (χ4v) is 2.74. The van der Waals surface area contributed by atoms with Crippen LogP contribution in [0, 0.1) is 0 Å². The zero-order valence-electron chi connectivity index (χ0n) is 17.0. The van der Waals surface area contributed by atoms with E-state index >= 15 is 0 Å². The predicted octanol–water partition coefficient (Wildman–Crippen LogP) is 4.38. The van der Waals surface area contributed by atoms with Gasteiger partial charge in [0.05, 0.1) is 0 Å². The third kappa shape index (κ3) is 5.85. The van der Waals surface area contributed by atoms with Crippen molar-refractivity contribution >= 4 is 23.2 Å². The average molecular weight is 404 g/mol. The highest BCUT2D eigenvalue weighted by atomic mass is 16.5. The first kappa shape index (κ1) is 20.9. The highest BCUT2D eigenvalue weighted by Gasteiger charge is 2.10. The lowest BCUT2D eigenvalue weighted by atomic mass is 10.2. The van der Waals surface area contributed by atoms with Gasteiger partial charge < -0.3 is 19.7 Å². The van der Waals surface area contributed by atoms with Gasteiger partial charge in [0.1, 0.15) is 24.7 Å². The molecular formula is C24H24N2O4. The smallest absolute Gasteiger partial charge is 0.255 e. The minimum absolute atomic E-state index is 0.0837. The number of benzene rings is 3. The van der Waals surface area contributed by atoms with Gasteiger partial charge in [-0.1, -0.05) is 30.3 Å². The molecule has 0 heterocycles. The summed E-state index contributed by atoms with van der Waals surface area (Å²) in [5, 5.41) is 2.85. The molecule has 0 bridgehead atoms. The van der Waals surface area contributed by atoms with E-state index in [-0.39, 0.29) is 11.8 Å². The maximum Gasteiger partial charge on any atom is 0.255 e. The van der Waals surface area contributed by atoms with Crippen LogP contribution in [0.1, 0.15) is 17.3 Å². The van der Waals surface area contributed by atoms with E-state index in [1.165, 1.54) is 11.8 Å². The SMILES string of the molecule is CC(=O)N(C)c1cccc(NC(=O)c2cccc(OCCOc3ccccc3)c2)c1. The standard InChI is InChI=1S/C24H24N2O4/c1-18(27)26(2)21-10-7-9-20(17-21)25-24(28)19-8-6-13-23(16-19)30-15-14-29-22-11-4-3-5-12-22/h3-13,16-17H,14-15H2,1-2H3,(H,25,28). The number of hydrogen-bond acceptors (Lipinski definition) is 4. The van der Waals surface area contributed by atoms with Gasteiger partial charge in [-0.25, -0.2) is 0 Å². The lowest BCUT2D eigenvalue weighted by molar-refractivity contribution is -0.116. The molecule has 6 nitrogen and oxygen atoms in total. The van der Waals surface area contributed by atoms with Crippen molar-refractivity contribution in [1.29, 1.82) is 0 Å². The molecule has 1 N–H and O–H groups in total. The molecule has 0 aromatic heterocycles. The topological polar surface area (TPSA) is 67.9 Å². The Morgan fingerprint density at radius 3 is 2.23 bits per heavy atom. The predicted molar refractivity (Wildman–Crippen MR) is 117 cm³/mol. The van der Waals surface area contributed by atoms with Gasteiger partial charge in [0.2, 0.25) is 5.91 Å². The van der Waals surface area contributed by atoms with Crippen molar-refractivity contribution in [3.8, 4) is 11.5 Å². The van der Waals surface area contributed by atoms with Crippen LogP contribution < -0.4 is 19.7 Å². The Bertz CT molecular complexity index is 1000. The number of carbonyl (C=O) groups is 2. The third-order valence-electron chi connectivity index (χ3n) is 4.42. The van der Waals surface area contributed by atoms with E-state index in [9.17, 15) is 9.59 Å². The summed E-state index contributed by atoms with van der Waals surface area (Å²) in [6.45, 7) is 2.25. The summed E-state index contributed by atoms with van der Waals surface area (Å²) in [6.07, 6.45) is 0. The van der Waals surface area contributed by atoms with Crippen molar-refractivity contribution in [2.45, 2.75) is 6.92 Å². The maximum atomic E-state index is 12.6. The number of carbonyl (C=O) groups excluding carboxylic acids is 2. The van der Waals surface area contributed by atoms with Crippen LogP contribution in [0.4, 0.5) is 11.4 Å². The molecule has 0 saturated heterocycles. The van der Waals surface area contributed by atoms with Gasteiger partial charge in [0, 0.05) is 30.9 Å². The lowest BCUT2D eigenvalue weighted by Gasteiger charge is -2.16. The summed E-state index contributed by atoms with van der Waals surface area (Å²) in [5.41, 5.74) is 1.78. The number of ether oxygens (including phenoxy) is 2. The molecule has 0 saturated carbocycles. The van der Waals surface area contributed by atoms with Gasteiger partial charge in [-0.2, -0.15) is 0 Å². The number of amides is 2. The summed E-state index contributed by atoms with van der Waals surface area (Å²) >= 11 is 0. The van der Waals surface area contributed by atoms with E-state index in [0.717, 1.165) is 5.75 Å². The number of nitrogens with one attached hydrogen (secondary N) is 1. The molecule has 0 aliphatic carbocycles. The van der Waals surface area contributed by atoms with E-state index in [1.807, 2.05) is 36.4 Å². The molecule has 30 heavy (non-hydrogen) atoms. The lowest BCUT2D eigenvalue weighted by Crippen LogP contribution is -2.23. The van der Waals surface area contributed by atoms with Gasteiger partial charge >= 0.3 is 0 Å². The Morgan fingerprint density at radius 1 is 0.833 bits per heavy atom. The molecule has 3 rings (SSSR count). The number of hydrogen-bond donors (Lipinski definition) is 1. The van der Waals surface area contributed by atoms with E-state index in [2.05, 4.69) is 5.32 Å². The molecule has 6 heteroatoms. The molecular weight excluding hydrogens is 380 g/mol. The highest BCUT2D eigenvalue weighted by Crippen LogP contribution is 2.20. The van der Waals surface area contributed by atoms with Gasteiger partial charge in [-0.05, 0) is 48.5 Å². The van der Waals surface area contributed by atoms with E-state index in [4.69, 9.17) is 9.47 Å². The van der Waals surface area contributed by atoms with Gasteiger partial charge in [-0.3, -0.25) is 9.59 Å². The molecule has 154 valence electrons. The molecule has 0 radical (unpaired) electrons. The summed E-state index contributed by atoms with van der Waals surface area (Å²) < 4.78 is 11.3. The highest BCUT2D eigenvalue weighted by molar-refractivity contribution is 6.05. The minimum atomic E-state index is -0.261. The largest absolute Gasteiger partial charge is 0.490 e. The summed E-state index contributed by atoms with van der Waals surface area (Å²) in [5.74, 6) is 1.03. The van der Waals surface area contributed by atoms with Crippen LogP contribution in [-0.4, -0.2) is 32.1 Å². The van der Waals surface area contributed by atoms with Crippen LogP contribution in [0.3, 0.4) is 0 Å². The average Bonchev–Trinajstić information content (AvgIpc) is 2.77. The van der Waals surface area contributed by atoms with Gasteiger partial charge in [0.25, 0.3) is 5.91 Å². The molecule has 0 atom stereocenters. The Kier molecular flexibility index (Phi) is 7.05. The Hall–Kier alpha value is -3.80. The molecule has 0 aliphatic rings. The van der Waals surface area contributed by atoms with Crippen molar-refractivity contribution in [1.82, 2.24) is 0 Å². The fraction of sp³-hybridized carbons (Fsp3) is 0.167. The normalized spacial score (nSPS) is 10.2. The summed E-state index contributed by atoms with van der Waals surface area (Å²) in [4.78, 5) is 25.7. The van der Waals surface area contributed by atoms with Crippen LogP contribution in [0.25, 0.3) is 0 Å². The van der Waals surface area contributed by atoms with Crippen molar-refractivity contribution in [2.24, 2.45) is 0 Å². The number of nitrogens with zero attached hydrogens (tertiary/aromatic N) is 1. The summed E-state index contributed by atoms with van der Waals surface area (Å²) in [6, 6.07) is 23.6. The van der Waals surface area contributed by atoms with Crippen molar-refractivity contribution in [3.05, 3.63) is 84.4 Å². The Labute approximate surface area is 176 Å². The first-order chi connectivity index (χ1) is 14.5. The van der Waals surface area contributed by atoms with Gasteiger partial charge in [-0.15, -0.1) is 0 Å². The molecule has 3 aromatic carbocycles. The van der Waals surface area contributed by atoms with Crippen LogP contribution in [0.15, 0.2) is 78.9 Å². The second kappa shape index (κ2) is 10.1. The first-order valence-electron chi connectivity index (χ1n) is 9.59. The van der Waals surface area contributed by atoms with Crippen LogP contribution in [0.5, 0.6) is 11.5 Å². The second-order valence-corrected chi connectivity index (χ2v) is 6.62. The molecule has 3 aromatic rings. The van der Waals surface area contributed by atoms with E-state index in [1.54, 1.807) is 49.5 Å². The molecule has 0 fully saturated rings. The van der Waals surface area contributed by atoms with Crippen LogP contribution in [-0.2, 0) is 4.79 Å². The van der Waals surface area contributed by atoms with Crippen molar-refractivity contribution in [2.75, 3.05) is 30.5 Å². The van der Waals surface area contributed by atoms with Crippen molar-refractivity contribution in [3.63, 3.8) is 0 Å². The number of anilines is 2.